The molecule has 0 spiro atoms. The molecule has 0 bridgehead atoms. The van der Waals surface area contributed by atoms with Crippen LogP contribution in [0.1, 0.15) is 27.0 Å². The molecule has 2 rings (SSSR count). The third-order valence-corrected chi connectivity index (χ3v) is 3.94. The van der Waals surface area contributed by atoms with Gasteiger partial charge in [0, 0.05) is 16.2 Å². The second-order valence-corrected chi connectivity index (χ2v) is 5.28. The number of aldehydes is 1. The lowest BCUT2D eigenvalue weighted by molar-refractivity contribution is 0.112. The summed E-state index contributed by atoms with van der Waals surface area (Å²) in [6, 6.07) is 15.4. The van der Waals surface area contributed by atoms with Crippen molar-refractivity contribution >= 4 is 18.0 Å². The van der Waals surface area contributed by atoms with Crippen LogP contribution >= 0.6 is 11.8 Å². The molecule has 0 aliphatic heterocycles. The monoisotopic (exact) mass is 267 g/mol. The first-order valence-corrected chi connectivity index (χ1v) is 6.89. The molecule has 2 nitrogen and oxygen atoms in total. The Bertz CT molecular complexity index is 626. The predicted octanol–water partition coefficient (Wildman–Crippen LogP) is 3.97. The van der Waals surface area contributed by atoms with Gasteiger partial charge in [0.25, 0.3) is 0 Å². The molecule has 0 amide bonds. The highest BCUT2D eigenvalue weighted by molar-refractivity contribution is 7.98. The second-order valence-electron chi connectivity index (χ2n) is 4.23. The van der Waals surface area contributed by atoms with Gasteiger partial charge in [-0.25, -0.2) is 0 Å². The Balaban J connectivity index is 2.05. The number of rotatable bonds is 4. The van der Waals surface area contributed by atoms with Crippen molar-refractivity contribution < 1.29 is 4.79 Å². The van der Waals surface area contributed by atoms with Crippen LogP contribution in [0, 0.1) is 18.3 Å². The van der Waals surface area contributed by atoms with E-state index in [4.69, 9.17) is 5.26 Å². The van der Waals surface area contributed by atoms with E-state index in [1.54, 1.807) is 11.8 Å². The maximum Gasteiger partial charge on any atom is 0.150 e. The maximum atomic E-state index is 10.6. The molecule has 19 heavy (non-hydrogen) atoms. The fourth-order valence-electron chi connectivity index (χ4n) is 1.73. The van der Waals surface area contributed by atoms with Gasteiger partial charge >= 0.3 is 0 Å². The van der Waals surface area contributed by atoms with Crippen molar-refractivity contribution in [1.82, 2.24) is 0 Å². The average Bonchev–Trinajstić information content (AvgIpc) is 2.46. The van der Waals surface area contributed by atoms with Gasteiger partial charge in [0.15, 0.2) is 0 Å². The molecule has 0 aliphatic rings. The van der Waals surface area contributed by atoms with Crippen molar-refractivity contribution in [2.45, 2.75) is 17.6 Å². The molecule has 0 saturated carbocycles. The summed E-state index contributed by atoms with van der Waals surface area (Å²) in [4.78, 5) is 11.7. The van der Waals surface area contributed by atoms with E-state index in [9.17, 15) is 4.79 Å². The van der Waals surface area contributed by atoms with Gasteiger partial charge in [0.05, 0.1) is 11.6 Å². The number of thioether (sulfide) groups is 1. The maximum absolute atomic E-state index is 10.6. The third-order valence-electron chi connectivity index (χ3n) is 2.88. The lowest BCUT2D eigenvalue weighted by Gasteiger charge is -2.06. The second kappa shape index (κ2) is 6.21. The molecule has 0 heterocycles. The average molecular weight is 267 g/mol. The van der Waals surface area contributed by atoms with Crippen LogP contribution in [0.3, 0.4) is 0 Å². The summed E-state index contributed by atoms with van der Waals surface area (Å²) in [5, 5.41) is 8.83. The van der Waals surface area contributed by atoms with E-state index in [1.165, 1.54) is 5.56 Å². The normalized spacial score (nSPS) is 9.89. The molecule has 0 unspecified atom stereocenters. The van der Waals surface area contributed by atoms with E-state index in [0.29, 0.717) is 11.1 Å². The van der Waals surface area contributed by atoms with Crippen molar-refractivity contribution in [2.24, 2.45) is 0 Å². The number of aryl methyl sites for hydroxylation is 1. The Morgan fingerprint density at radius 2 is 1.95 bits per heavy atom. The minimum Gasteiger partial charge on any atom is -0.298 e. The van der Waals surface area contributed by atoms with Crippen LogP contribution in [0.25, 0.3) is 0 Å². The van der Waals surface area contributed by atoms with Crippen LogP contribution < -0.4 is 0 Å². The van der Waals surface area contributed by atoms with Gasteiger partial charge in [-0.1, -0.05) is 18.2 Å². The molecule has 0 aromatic heterocycles. The molecule has 0 saturated heterocycles. The van der Waals surface area contributed by atoms with E-state index in [2.05, 4.69) is 6.07 Å². The molecule has 3 heteroatoms. The molecule has 0 atom stereocenters. The molecule has 0 radical (unpaired) electrons. The fraction of sp³-hybridized carbons (Fsp3) is 0.125. The summed E-state index contributed by atoms with van der Waals surface area (Å²) in [7, 11) is 0. The van der Waals surface area contributed by atoms with Crippen LogP contribution in [-0.2, 0) is 5.75 Å². The van der Waals surface area contributed by atoms with Gasteiger partial charge < -0.3 is 0 Å². The largest absolute Gasteiger partial charge is 0.298 e. The van der Waals surface area contributed by atoms with Crippen LogP contribution in [0.5, 0.6) is 0 Å². The van der Waals surface area contributed by atoms with Crippen LogP contribution in [0.4, 0.5) is 0 Å². The van der Waals surface area contributed by atoms with Crippen LogP contribution in [0.2, 0.25) is 0 Å². The lowest BCUT2D eigenvalue weighted by atomic mass is 10.1. The van der Waals surface area contributed by atoms with E-state index in [1.807, 2.05) is 49.4 Å². The van der Waals surface area contributed by atoms with Crippen LogP contribution in [0.15, 0.2) is 47.4 Å². The SMILES string of the molecule is Cc1cc(C#N)ccc1CSc1ccc(C=O)cc1. The summed E-state index contributed by atoms with van der Waals surface area (Å²) in [6.07, 6.45) is 0.846. The topological polar surface area (TPSA) is 40.9 Å². The fourth-order valence-corrected chi connectivity index (χ4v) is 2.71. The smallest absolute Gasteiger partial charge is 0.150 e. The van der Waals surface area contributed by atoms with Crippen molar-refractivity contribution in [3.8, 4) is 6.07 Å². The number of benzene rings is 2. The highest BCUT2D eigenvalue weighted by atomic mass is 32.2. The Kier molecular flexibility index (Phi) is 4.38. The van der Waals surface area contributed by atoms with Crippen LogP contribution in [-0.4, -0.2) is 6.29 Å². The van der Waals surface area contributed by atoms with Gasteiger partial charge in [-0.15, -0.1) is 11.8 Å². The van der Waals surface area contributed by atoms with Crippen molar-refractivity contribution in [3.05, 3.63) is 64.7 Å². The van der Waals surface area contributed by atoms with Gasteiger partial charge in [-0.2, -0.15) is 5.26 Å². The quantitative estimate of drug-likeness (QED) is 0.621. The molecule has 2 aromatic carbocycles. The molecule has 0 fully saturated rings. The first-order valence-electron chi connectivity index (χ1n) is 5.90. The summed E-state index contributed by atoms with van der Waals surface area (Å²) in [6.45, 7) is 2.02. The molecule has 94 valence electrons. The molecular weight excluding hydrogens is 254 g/mol. The zero-order valence-electron chi connectivity index (χ0n) is 10.6. The molecule has 0 N–H and O–H groups in total. The van der Waals surface area contributed by atoms with E-state index in [-0.39, 0.29) is 0 Å². The summed E-state index contributed by atoms with van der Waals surface area (Å²) >= 11 is 1.72. The zero-order chi connectivity index (χ0) is 13.7. The first-order chi connectivity index (χ1) is 9.22. The van der Waals surface area contributed by atoms with Gasteiger partial charge in [0.2, 0.25) is 0 Å². The first kappa shape index (κ1) is 13.4. The van der Waals surface area contributed by atoms with Crippen molar-refractivity contribution in [2.75, 3.05) is 0 Å². The van der Waals surface area contributed by atoms with Gasteiger partial charge in [-0.05, 0) is 42.3 Å². The third kappa shape index (κ3) is 3.46. The molecule has 2 aromatic rings. The van der Waals surface area contributed by atoms with E-state index >= 15 is 0 Å². The van der Waals surface area contributed by atoms with Crippen molar-refractivity contribution in [1.29, 1.82) is 5.26 Å². The Morgan fingerprint density at radius 1 is 1.21 bits per heavy atom. The highest BCUT2D eigenvalue weighted by Gasteiger charge is 2.02. The number of carbonyl (C=O) groups excluding carboxylic acids is 1. The van der Waals surface area contributed by atoms with Gasteiger partial charge in [-0.3, -0.25) is 4.79 Å². The Hall–Kier alpha value is -2.05. The minimum atomic E-state index is 0.693. The lowest BCUT2D eigenvalue weighted by Crippen LogP contribution is -1.88. The highest BCUT2D eigenvalue weighted by Crippen LogP contribution is 2.24. The predicted molar refractivity (Wildman–Crippen MR) is 77.3 cm³/mol. The van der Waals surface area contributed by atoms with Gasteiger partial charge in [0.1, 0.15) is 6.29 Å². The Morgan fingerprint density at radius 3 is 2.53 bits per heavy atom. The van der Waals surface area contributed by atoms with E-state index < -0.39 is 0 Å². The zero-order valence-corrected chi connectivity index (χ0v) is 11.4. The molecule has 0 aliphatic carbocycles. The van der Waals surface area contributed by atoms with Crippen molar-refractivity contribution in [3.63, 3.8) is 0 Å². The number of hydrogen-bond donors (Lipinski definition) is 0. The molecular formula is C16H13NOS. The number of nitriles is 1. The summed E-state index contributed by atoms with van der Waals surface area (Å²) in [5.41, 5.74) is 3.75. The Labute approximate surface area is 117 Å². The summed E-state index contributed by atoms with van der Waals surface area (Å²) in [5.74, 6) is 0.859. The number of hydrogen-bond acceptors (Lipinski definition) is 3. The number of nitrogens with zero attached hydrogens (tertiary/aromatic N) is 1. The number of carbonyl (C=O) groups is 1. The summed E-state index contributed by atoms with van der Waals surface area (Å²) < 4.78 is 0. The minimum absolute atomic E-state index is 0.693. The standard InChI is InChI=1S/C16H13NOS/c1-12-8-14(9-17)2-5-15(12)11-19-16-6-3-13(10-18)4-7-16/h2-8,10H,11H2,1H3. The van der Waals surface area contributed by atoms with E-state index in [0.717, 1.165) is 22.5 Å².